The van der Waals surface area contributed by atoms with Gasteiger partial charge in [0.15, 0.2) is 0 Å². The first-order valence-electron chi connectivity index (χ1n) is 5.98. The summed E-state index contributed by atoms with van der Waals surface area (Å²) in [5.74, 6) is -0.272. The molecule has 0 aromatic heterocycles. The third-order valence-electron chi connectivity index (χ3n) is 2.96. The lowest BCUT2D eigenvalue weighted by Gasteiger charge is -2.07. The summed E-state index contributed by atoms with van der Waals surface area (Å²) < 4.78 is 5.10. The van der Waals surface area contributed by atoms with Gasteiger partial charge in [0, 0.05) is 0 Å². The number of hydrogen-bond acceptors (Lipinski definition) is 3. The van der Waals surface area contributed by atoms with Crippen LogP contribution in [0.4, 0.5) is 0 Å². The van der Waals surface area contributed by atoms with E-state index in [0.29, 0.717) is 5.56 Å². The van der Waals surface area contributed by atoms with E-state index in [4.69, 9.17) is 14.9 Å². The zero-order valence-corrected chi connectivity index (χ0v) is 10.9. The zero-order chi connectivity index (χ0) is 14.5. The lowest BCUT2D eigenvalue weighted by Crippen LogP contribution is -1.99. The number of aliphatic hydroxyl groups excluding tert-OH is 1. The molecule has 0 bridgehead atoms. The van der Waals surface area contributed by atoms with Crippen LogP contribution >= 0.6 is 0 Å². The molecule has 2 aromatic rings. The van der Waals surface area contributed by atoms with Gasteiger partial charge in [0.05, 0.1) is 18.9 Å². The lowest BCUT2D eigenvalue weighted by atomic mass is 9.99. The molecular formula is C16H14O4. The van der Waals surface area contributed by atoms with Gasteiger partial charge in [0.2, 0.25) is 0 Å². The van der Waals surface area contributed by atoms with E-state index in [2.05, 4.69) is 0 Å². The summed E-state index contributed by atoms with van der Waals surface area (Å²) in [7, 11) is 1.60. The van der Waals surface area contributed by atoms with E-state index in [1.54, 1.807) is 19.2 Å². The summed E-state index contributed by atoms with van der Waals surface area (Å²) in [6, 6.07) is 12.4. The van der Waals surface area contributed by atoms with Crippen molar-refractivity contribution in [1.29, 1.82) is 0 Å². The minimum absolute atomic E-state index is 0.146. The van der Waals surface area contributed by atoms with E-state index in [1.807, 2.05) is 24.3 Å². The summed E-state index contributed by atoms with van der Waals surface area (Å²) in [6.07, 6.45) is 2.19. The number of rotatable bonds is 4. The molecule has 0 aliphatic heterocycles. The maximum absolute atomic E-state index is 11.1. The van der Waals surface area contributed by atoms with Crippen molar-refractivity contribution in [2.45, 2.75) is 0 Å². The van der Waals surface area contributed by atoms with Crippen molar-refractivity contribution in [3.05, 3.63) is 59.9 Å². The van der Waals surface area contributed by atoms with Crippen LogP contribution in [0.1, 0.15) is 15.9 Å². The molecule has 0 radical (unpaired) electrons. The first-order valence-corrected chi connectivity index (χ1v) is 5.98. The van der Waals surface area contributed by atoms with E-state index in [9.17, 15) is 4.79 Å². The predicted octanol–water partition coefficient (Wildman–Crippen LogP) is 3.59. The number of carbonyl (C=O) groups is 1. The van der Waals surface area contributed by atoms with Crippen LogP contribution in [0, 0.1) is 0 Å². The smallest absolute Gasteiger partial charge is 0.336 e. The van der Waals surface area contributed by atoms with Gasteiger partial charge < -0.3 is 14.9 Å². The van der Waals surface area contributed by atoms with Crippen LogP contribution < -0.4 is 4.74 Å². The maximum atomic E-state index is 11.1. The Balaban J connectivity index is 2.46. The molecule has 0 spiro atoms. The number of ether oxygens (including phenoxy) is 1. The van der Waals surface area contributed by atoms with Crippen LogP contribution in [-0.2, 0) is 0 Å². The summed E-state index contributed by atoms with van der Waals surface area (Å²) in [5, 5.41) is 18.0. The number of aromatic carboxylic acids is 1. The number of methoxy groups -OCH3 is 1. The second kappa shape index (κ2) is 5.93. The Bertz CT molecular complexity index is 642. The number of aliphatic hydroxyl groups is 1. The van der Waals surface area contributed by atoms with Crippen molar-refractivity contribution in [3.8, 4) is 16.9 Å². The van der Waals surface area contributed by atoms with Crippen LogP contribution in [0.2, 0.25) is 0 Å². The molecular weight excluding hydrogens is 256 g/mol. The van der Waals surface area contributed by atoms with Gasteiger partial charge >= 0.3 is 5.97 Å². The minimum Gasteiger partial charge on any atom is -0.516 e. The highest BCUT2D eigenvalue weighted by molar-refractivity contribution is 5.93. The molecule has 2 aromatic carbocycles. The van der Waals surface area contributed by atoms with Crippen LogP contribution in [0.25, 0.3) is 17.2 Å². The average Bonchev–Trinajstić information content (AvgIpc) is 2.47. The Kier molecular flexibility index (Phi) is 4.05. The fraction of sp³-hybridized carbons (Fsp3) is 0.0625. The van der Waals surface area contributed by atoms with E-state index in [1.165, 1.54) is 12.1 Å². The molecule has 102 valence electrons. The van der Waals surface area contributed by atoms with Crippen LogP contribution in [0.5, 0.6) is 5.75 Å². The van der Waals surface area contributed by atoms with Gasteiger partial charge in [-0.1, -0.05) is 18.2 Å². The molecule has 0 fully saturated rings. The van der Waals surface area contributed by atoms with Crippen LogP contribution in [0.3, 0.4) is 0 Å². The van der Waals surface area contributed by atoms with E-state index in [0.717, 1.165) is 23.1 Å². The van der Waals surface area contributed by atoms with Crippen molar-refractivity contribution >= 4 is 12.0 Å². The Hall–Kier alpha value is -2.75. The van der Waals surface area contributed by atoms with Gasteiger partial charge in [-0.2, -0.15) is 0 Å². The normalized spacial score (nSPS) is 10.7. The van der Waals surface area contributed by atoms with Crippen molar-refractivity contribution in [2.75, 3.05) is 7.11 Å². The Labute approximate surface area is 116 Å². The summed E-state index contributed by atoms with van der Waals surface area (Å²) in [4.78, 5) is 11.1. The Morgan fingerprint density at radius 1 is 1.10 bits per heavy atom. The van der Waals surface area contributed by atoms with Gasteiger partial charge in [-0.05, 0) is 47.0 Å². The summed E-state index contributed by atoms with van der Waals surface area (Å²) >= 11 is 0. The number of carboxylic acids is 1. The first kappa shape index (κ1) is 13.7. The van der Waals surface area contributed by atoms with E-state index >= 15 is 0 Å². The van der Waals surface area contributed by atoms with Crippen molar-refractivity contribution in [3.63, 3.8) is 0 Å². The zero-order valence-electron chi connectivity index (χ0n) is 10.9. The van der Waals surface area contributed by atoms with Crippen LogP contribution in [0.15, 0.2) is 48.7 Å². The standard InChI is InChI=1S/C16H14O4/c1-20-14-5-2-11(3-6-14)12-4-7-15(16(18)19)13(10-12)8-9-17/h2-10,17H,1H3,(H,18,19)/b9-8+. The molecule has 0 aliphatic rings. The highest BCUT2D eigenvalue weighted by Gasteiger charge is 2.09. The highest BCUT2D eigenvalue weighted by atomic mass is 16.5. The van der Waals surface area contributed by atoms with Crippen molar-refractivity contribution in [1.82, 2.24) is 0 Å². The molecule has 0 heterocycles. The fourth-order valence-electron chi connectivity index (χ4n) is 1.94. The Morgan fingerprint density at radius 2 is 1.75 bits per heavy atom. The third-order valence-corrected chi connectivity index (χ3v) is 2.96. The van der Waals surface area contributed by atoms with E-state index < -0.39 is 5.97 Å². The molecule has 2 N–H and O–H groups in total. The highest BCUT2D eigenvalue weighted by Crippen LogP contribution is 2.25. The predicted molar refractivity (Wildman–Crippen MR) is 77.1 cm³/mol. The average molecular weight is 270 g/mol. The fourth-order valence-corrected chi connectivity index (χ4v) is 1.94. The summed E-state index contributed by atoms with van der Waals surface area (Å²) in [5.41, 5.74) is 2.40. The molecule has 0 amide bonds. The number of benzene rings is 2. The van der Waals surface area contributed by atoms with Gasteiger partial charge in [-0.3, -0.25) is 0 Å². The quantitative estimate of drug-likeness (QED) is 0.833. The molecule has 0 saturated heterocycles. The molecule has 0 unspecified atom stereocenters. The SMILES string of the molecule is COc1ccc(-c2ccc(C(=O)O)c(/C=C/O)c2)cc1. The van der Waals surface area contributed by atoms with Gasteiger partial charge in [0.25, 0.3) is 0 Å². The van der Waals surface area contributed by atoms with Gasteiger partial charge in [-0.25, -0.2) is 4.79 Å². The van der Waals surface area contributed by atoms with E-state index in [-0.39, 0.29) is 5.56 Å². The molecule has 4 heteroatoms. The van der Waals surface area contributed by atoms with Crippen LogP contribution in [-0.4, -0.2) is 23.3 Å². The molecule has 0 saturated carbocycles. The van der Waals surface area contributed by atoms with Crippen molar-refractivity contribution < 1.29 is 19.7 Å². The molecule has 0 aliphatic carbocycles. The topological polar surface area (TPSA) is 66.8 Å². The molecule has 0 atom stereocenters. The number of hydrogen-bond donors (Lipinski definition) is 2. The molecule has 2 rings (SSSR count). The largest absolute Gasteiger partial charge is 0.516 e. The van der Waals surface area contributed by atoms with Gasteiger partial charge in [-0.15, -0.1) is 0 Å². The first-order chi connectivity index (χ1) is 9.65. The molecule has 20 heavy (non-hydrogen) atoms. The summed E-state index contributed by atoms with van der Waals surface area (Å²) in [6.45, 7) is 0. The monoisotopic (exact) mass is 270 g/mol. The second-order valence-electron chi connectivity index (χ2n) is 4.15. The number of carboxylic acid groups (broad SMARTS) is 1. The molecule has 4 nitrogen and oxygen atoms in total. The lowest BCUT2D eigenvalue weighted by molar-refractivity contribution is 0.0696. The second-order valence-corrected chi connectivity index (χ2v) is 4.15. The van der Waals surface area contributed by atoms with Crippen molar-refractivity contribution in [2.24, 2.45) is 0 Å². The maximum Gasteiger partial charge on any atom is 0.336 e. The minimum atomic E-state index is -1.03. The van der Waals surface area contributed by atoms with Gasteiger partial charge in [0.1, 0.15) is 5.75 Å². The Morgan fingerprint density at radius 3 is 2.30 bits per heavy atom. The third kappa shape index (κ3) is 2.80.